The van der Waals surface area contributed by atoms with Crippen LogP contribution in [0.25, 0.3) is 0 Å². The van der Waals surface area contributed by atoms with Gasteiger partial charge in [-0.05, 0) is 34.1 Å². The zero-order valence-electron chi connectivity index (χ0n) is 8.78. The third-order valence-corrected chi connectivity index (χ3v) is 2.65. The first kappa shape index (κ1) is 12.0. The highest BCUT2D eigenvalue weighted by Gasteiger charge is 2.07. The molecule has 2 aromatic rings. The Balaban J connectivity index is 2.13. The maximum absolute atomic E-state index is 12.9. The summed E-state index contributed by atoms with van der Waals surface area (Å²) < 4.78 is 18.7. The van der Waals surface area contributed by atoms with Gasteiger partial charge in [0.2, 0.25) is 5.89 Å². The van der Waals surface area contributed by atoms with Crippen molar-refractivity contribution in [2.75, 3.05) is 11.9 Å². The molecule has 17 heavy (non-hydrogen) atoms. The Morgan fingerprint density at radius 3 is 2.94 bits per heavy atom. The van der Waals surface area contributed by atoms with Crippen molar-refractivity contribution < 1.29 is 8.81 Å². The highest BCUT2D eigenvalue weighted by atomic mass is 79.9. The molecule has 0 amide bonds. The van der Waals surface area contributed by atoms with Crippen molar-refractivity contribution in [1.82, 2.24) is 10.2 Å². The van der Waals surface area contributed by atoms with Crippen molar-refractivity contribution >= 4 is 27.6 Å². The molecule has 0 radical (unpaired) electrons. The second kappa shape index (κ2) is 5.24. The summed E-state index contributed by atoms with van der Waals surface area (Å²) in [6.07, 6.45) is 0.527. The van der Waals surface area contributed by atoms with E-state index >= 15 is 0 Å². The molecule has 3 N–H and O–H groups in total. The fourth-order valence-corrected chi connectivity index (χ4v) is 1.68. The third kappa shape index (κ3) is 3.01. The summed E-state index contributed by atoms with van der Waals surface area (Å²) in [6, 6.07) is 4.51. The fraction of sp³-hybridized carbons (Fsp3) is 0.200. The number of nitrogens with one attached hydrogen (secondary N) is 1. The molecule has 0 unspecified atom stereocenters. The molecule has 90 valence electrons. The molecule has 7 heteroatoms. The van der Waals surface area contributed by atoms with Crippen LogP contribution in [0.4, 0.5) is 16.1 Å². The molecule has 0 atom stereocenters. The summed E-state index contributed by atoms with van der Waals surface area (Å²) in [5, 5.41) is 10.5. The van der Waals surface area contributed by atoms with Gasteiger partial charge >= 0.3 is 6.01 Å². The first-order valence-corrected chi connectivity index (χ1v) is 5.73. The molecular formula is C10H10BrFN4O. The van der Waals surface area contributed by atoms with Gasteiger partial charge in [0.05, 0.1) is 5.69 Å². The van der Waals surface area contributed by atoms with Gasteiger partial charge in [0.25, 0.3) is 0 Å². The molecule has 1 aromatic carbocycles. The van der Waals surface area contributed by atoms with Crippen molar-refractivity contribution in [1.29, 1.82) is 0 Å². The first-order chi connectivity index (χ1) is 8.19. The number of hydrogen-bond acceptors (Lipinski definition) is 5. The summed E-state index contributed by atoms with van der Waals surface area (Å²) in [5.74, 6) is 0.144. The average molecular weight is 301 g/mol. The Bertz CT molecular complexity index is 517. The lowest BCUT2D eigenvalue weighted by Gasteiger charge is -2.03. The van der Waals surface area contributed by atoms with Gasteiger partial charge in [-0.25, -0.2) is 4.39 Å². The predicted octanol–water partition coefficient (Wildman–Crippen LogP) is 2.22. The number of rotatable bonds is 4. The number of hydrogen-bond donors (Lipinski definition) is 2. The van der Waals surface area contributed by atoms with Crippen molar-refractivity contribution in [2.45, 2.75) is 6.42 Å². The summed E-state index contributed by atoms with van der Waals surface area (Å²) >= 11 is 3.23. The smallest absolute Gasteiger partial charge is 0.320 e. The molecule has 1 aromatic heterocycles. The Morgan fingerprint density at radius 1 is 1.41 bits per heavy atom. The number of nitrogens with two attached hydrogens (primary N) is 1. The summed E-state index contributed by atoms with van der Waals surface area (Å²) in [7, 11) is 0. The van der Waals surface area contributed by atoms with Crippen LogP contribution < -0.4 is 11.1 Å². The van der Waals surface area contributed by atoms with E-state index in [4.69, 9.17) is 10.2 Å². The van der Waals surface area contributed by atoms with Crippen LogP contribution in [0, 0.1) is 5.82 Å². The van der Waals surface area contributed by atoms with Gasteiger partial charge in [0.1, 0.15) is 5.82 Å². The maximum atomic E-state index is 12.9. The molecule has 5 nitrogen and oxygen atoms in total. The van der Waals surface area contributed by atoms with Crippen LogP contribution in [0.3, 0.4) is 0 Å². The van der Waals surface area contributed by atoms with Crippen LogP contribution in [0.15, 0.2) is 27.1 Å². The minimum atomic E-state index is -0.322. The predicted molar refractivity (Wildman–Crippen MR) is 64.4 cm³/mol. The third-order valence-electron chi connectivity index (χ3n) is 2.00. The lowest BCUT2D eigenvalue weighted by atomic mass is 10.3. The van der Waals surface area contributed by atoms with E-state index in [0.29, 0.717) is 29.0 Å². The number of benzene rings is 1. The van der Waals surface area contributed by atoms with Crippen molar-refractivity contribution in [3.8, 4) is 0 Å². The molecule has 0 saturated heterocycles. The second-order valence-electron chi connectivity index (χ2n) is 3.29. The Morgan fingerprint density at radius 2 is 2.24 bits per heavy atom. The van der Waals surface area contributed by atoms with Gasteiger partial charge in [-0.15, -0.1) is 5.10 Å². The summed E-state index contributed by atoms with van der Waals surface area (Å²) in [5.41, 5.74) is 6.01. The van der Waals surface area contributed by atoms with E-state index in [1.54, 1.807) is 6.07 Å². The first-order valence-electron chi connectivity index (χ1n) is 4.93. The summed E-state index contributed by atoms with van der Waals surface area (Å²) in [6.45, 7) is 0.446. The van der Waals surface area contributed by atoms with E-state index < -0.39 is 0 Å². The van der Waals surface area contributed by atoms with Crippen LogP contribution in [-0.4, -0.2) is 16.7 Å². The Labute approximate surface area is 105 Å². The zero-order chi connectivity index (χ0) is 12.3. The maximum Gasteiger partial charge on any atom is 0.320 e. The van der Waals surface area contributed by atoms with Crippen LogP contribution in [0.1, 0.15) is 5.89 Å². The average Bonchev–Trinajstić information content (AvgIpc) is 2.71. The van der Waals surface area contributed by atoms with Gasteiger partial charge in [-0.3, -0.25) is 0 Å². The molecule has 0 spiro atoms. The lowest BCUT2D eigenvalue weighted by molar-refractivity contribution is 0.509. The number of aromatic nitrogens is 2. The van der Waals surface area contributed by atoms with E-state index in [0.717, 1.165) is 0 Å². The topological polar surface area (TPSA) is 77.0 Å². The standard InChI is InChI=1S/C10H10BrFN4O/c11-7-5-6(12)1-2-8(7)14-10-16-15-9(17-10)3-4-13/h1-2,5H,3-4,13H2,(H,14,16). The fourth-order valence-electron chi connectivity index (χ4n) is 1.23. The molecule has 0 bridgehead atoms. The largest absolute Gasteiger partial charge is 0.408 e. The highest BCUT2D eigenvalue weighted by molar-refractivity contribution is 9.10. The molecule has 1 heterocycles. The molecule has 0 aliphatic carbocycles. The normalized spacial score (nSPS) is 10.5. The molecule has 0 fully saturated rings. The SMILES string of the molecule is NCCc1nnc(Nc2ccc(F)cc2Br)o1. The van der Waals surface area contributed by atoms with Gasteiger partial charge in [-0.1, -0.05) is 5.10 Å². The molecule has 0 aliphatic rings. The van der Waals surface area contributed by atoms with Gasteiger partial charge in [0, 0.05) is 17.4 Å². The van der Waals surface area contributed by atoms with E-state index in [2.05, 4.69) is 31.4 Å². The zero-order valence-corrected chi connectivity index (χ0v) is 10.4. The highest BCUT2D eigenvalue weighted by Crippen LogP contribution is 2.25. The number of halogens is 2. The number of nitrogens with zero attached hydrogens (tertiary/aromatic N) is 2. The Kier molecular flexibility index (Phi) is 3.70. The van der Waals surface area contributed by atoms with Crippen molar-refractivity contribution in [3.63, 3.8) is 0 Å². The van der Waals surface area contributed by atoms with Crippen molar-refractivity contribution in [3.05, 3.63) is 34.4 Å². The van der Waals surface area contributed by atoms with Crippen LogP contribution in [0.5, 0.6) is 0 Å². The van der Waals surface area contributed by atoms with E-state index in [1.165, 1.54) is 12.1 Å². The minimum Gasteiger partial charge on any atom is -0.408 e. The van der Waals surface area contributed by atoms with Gasteiger partial charge < -0.3 is 15.5 Å². The molecular weight excluding hydrogens is 291 g/mol. The quantitative estimate of drug-likeness (QED) is 0.905. The number of anilines is 2. The Hall–Kier alpha value is -1.47. The van der Waals surface area contributed by atoms with E-state index in [-0.39, 0.29) is 11.8 Å². The lowest BCUT2D eigenvalue weighted by Crippen LogP contribution is -2.02. The van der Waals surface area contributed by atoms with Crippen molar-refractivity contribution in [2.24, 2.45) is 5.73 Å². The monoisotopic (exact) mass is 300 g/mol. The second-order valence-corrected chi connectivity index (χ2v) is 4.14. The van der Waals surface area contributed by atoms with Crippen LogP contribution in [0.2, 0.25) is 0 Å². The van der Waals surface area contributed by atoms with E-state index in [9.17, 15) is 4.39 Å². The summed E-state index contributed by atoms with van der Waals surface area (Å²) in [4.78, 5) is 0. The molecule has 0 saturated carbocycles. The molecule has 2 rings (SSSR count). The van der Waals surface area contributed by atoms with Gasteiger partial charge in [0.15, 0.2) is 0 Å². The minimum absolute atomic E-state index is 0.251. The van der Waals surface area contributed by atoms with Crippen LogP contribution >= 0.6 is 15.9 Å². The van der Waals surface area contributed by atoms with Gasteiger partial charge in [-0.2, -0.15) is 0 Å². The molecule has 0 aliphatic heterocycles. The van der Waals surface area contributed by atoms with Crippen LogP contribution in [-0.2, 0) is 6.42 Å². The van der Waals surface area contributed by atoms with E-state index in [1.807, 2.05) is 0 Å².